The monoisotopic (exact) mass is 804 g/mol. The Balaban J connectivity index is 1.24. The van der Waals surface area contributed by atoms with Crippen molar-refractivity contribution in [1.29, 1.82) is 0 Å². The van der Waals surface area contributed by atoms with E-state index in [2.05, 4.69) is 196 Å². The lowest BCUT2D eigenvalue weighted by atomic mass is 10.0. The molecule has 294 valence electrons. The zero-order chi connectivity index (χ0) is 41.4. The van der Waals surface area contributed by atoms with Crippen molar-refractivity contribution < 1.29 is 0 Å². The maximum Gasteiger partial charge on any atom is 0.166 e. The second-order valence-corrected chi connectivity index (χ2v) is 16.0. The molecule has 9 aromatic carbocycles. The van der Waals surface area contributed by atoms with Crippen LogP contribution >= 0.6 is 0 Å². The van der Waals surface area contributed by atoms with E-state index in [1.807, 2.05) is 36.4 Å². The first kappa shape index (κ1) is 35.2. The minimum Gasteiger partial charge on any atom is -0.309 e. The van der Waals surface area contributed by atoms with Gasteiger partial charge >= 0.3 is 0 Å². The first-order valence-electron chi connectivity index (χ1n) is 21.3. The Morgan fingerprint density at radius 3 is 1.24 bits per heavy atom. The molecule has 0 N–H and O–H groups in total. The molecule has 0 aliphatic rings. The summed E-state index contributed by atoms with van der Waals surface area (Å²) >= 11 is 0. The van der Waals surface area contributed by atoms with E-state index < -0.39 is 0 Å². The molecule has 6 nitrogen and oxygen atoms in total. The molecule has 0 amide bonds. The maximum absolute atomic E-state index is 5.48. The van der Waals surface area contributed by atoms with Crippen LogP contribution in [0.1, 0.15) is 0 Å². The van der Waals surface area contributed by atoms with Crippen LogP contribution in [0.4, 0.5) is 0 Å². The fourth-order valence-electron chi connectivity index (χ4n) is 9.85. The largest absolute Gasteiger partial charge is 0.309 e. The highest BCUT2D eigenvalue weighted by Gasteiger charge is 2.27. The van der Waals surface area contributed by atoms with Crippen LogP contribution < -0.4 is 0 Å². The van der Waals surface area contributed by atoms with E-state index in [1.165, 1.54) is 21.5 Å². The summed E-state index contributed by atoms with van der Waals surface area (Å²) in [5.74, 6) is 1.83. The fourth-order valence-corrected chi connectivity index (χ4v) is 9.85. The molecular formula is C57H36N6. The quantitative estimate of drug-likeness (QED) is 0.168. The smallest absolute Gasteiger partial charge is 0.166 e. The highest BCUT2D eigenvalue weighted by molar-refractivity contribution is 6.27. The molecule has 0 spiro atoms. The Kier molecular flexibility index (Phi) is 7.80. The average molecular weight is 805 g/mol. The van der Waals surface area contributed by atoms with Crippen LogP contribution in [0.3, 0.4) is 0 Å². The summed E-state index contributed by atoms with van der Waals surface area (Å²) in [6.07, 6.45) is 0. The highest BCUT2D eigenvalue weighted by Crippen LogP contribution is 2.46. The molecule has 4 aromatic heterocycles. The Bertz CT molecular complexity index is 3830. The number of fused-ring (bicyclic) bond motifs is 10. The molecule has 0 unspecified atom stereocenters. The van der Waals surface area contributed by atoms with Gasteiger partial charge in [-0.25, -0.2) is 15.0 Å². The normalized spacial score (nSPS) is 11.8. The Labute approximate surface area is 362 Å². The minimum absolute atomic E-state index is 0.601. The van der Waals surface area contributed by atoms with E-state index >= 15 is 0 Å². The van der Waals surface area contributed by atoms with Crippen molar-refractivity contribution in [2.75, 3.05) is 0 Å². The van der Waals surface area contributed by atoms with Gasteiger partial charge in [0.25, 0.3) is 0 Å². The molecule has 63 heavy (non-hydrogen) atoms. The average Bonchev–Trinajstić information content (AvgIpc) is 4.00. The van der Waals surface area contributed by atoms with Gasteiger partial charge in [-0.2, -0.15) is 0 Å². The molecule has 0 aliphatic carbocycles. The lowest BCUT2D eigenvalue weighted by molar-refractivity contribution is 1.07. The molecule has 0 aliphatic heterocycles. The van der Waals surface area contributed by atoms with Gasteiger partial charge in [0.1, 0.15) is 0 Å². The van der Waals surface area contributed by atoms with Crippen LogP contribution in [0.5, 0.6) is 0 Å². The van der Waals surface area contributed by atoms with Gasteiger partial charge in [-0.15, -0.1) is 0 Å². The molecule has 0 fully saturated rings. The molecule has 0 saturated heterocycles. The van der Waals surface area contributed by atoms with Crippen LogP contribution in [-0.4, -0.2) is 28.7 Å². The lowest BCUT2D eigenvalue weighted by Gasteiger charge is -2.17. The van der Waals surface area contributed by atoms with E-state index in [0.29, 0.717) is 17.5 Å². The summed E-state index contributed by atoms with van der Waals surface area (Å²) < 4.78 is 7.24. The standard InChI is InChI=1S/C57H36N6/c1-5-19-37(20-6-1)55-58-56(38-21-7-2-8-22-38)60-57(59-55)53-50(36-35-48-51(53)43-28-14-17-31-46(43)61(48)39-23-9-3-10-24-39)63-45-30-16-13-27-41(45)42-33-34-49-52(54(42)63)44-29-15-18-32-47(44)62(49)40-25-11-4-12-26-40/h1-36H. The van der Waals surface area contributed by atoms with E-state index in [1.54, 1.807) is 0 Å². The molecule has 0 radical (unpaired) electrons. The van der Waals surface area contributed by atoms with Gasteiger partial charge < -0.3 is 13.7 Å². The molecule has 13 aromatic rings. The van der Waals surface area contributed by atoms with Crippen LogP contribution in [-0.2, 0) is 0 Å². The van der Waals surface area contributed by atoms with Gasteiger partial charge in [0.2, 0.25) is 0 Å². The maximum atomic E-state index is 5.48. The van der Waals surface area contributed by atoms with E-state index in [-0.39, 0.29) is 0 Å². The van der Waals surface area contributed by atoms with Gasteiger partial charge in [-0.1, -0.05) is 158 Å². The topological polar surface area (TPSA) is 53.5 Å². The summed E-state index contributed by atoms with van der Waals surface area (Å²) in [5, 5.41) is 6.91. The lowest BCUT2D eigenvalue weighted by Crippen LogP contribution is -2.04. The third-order valence-electron chi connectivity index (χ3n) is 12.5. The van der Waals surface area contributed by atoms with E-state index in [0.717, 1.165) is 77.6 Å². The van der Waals surface area contributed by atoms with Crippen LogP contribution in [0.15, 0.2) is 218 Å². The Morgan fingerprint density at radius 2 is 0.683 bits per heavy atom. The molecular weight excluding hydrogens is 769 g/mol. The predicted molar refractivity (Wildman–Crippen MR) is 259 cm³/mol. The summed E-state index contributed by atoms with van der Waals surface area (Å²) in [6.45, 7) is 0. The minimum atomic E-state index is 0.601. The zero-order valence-electron chi connectivity index (χ0n) is 34.0. The first-order chi connectivity index (χ1) is 31.3. The number of rotatable bonds is 6. The third kappa shape index (κ3) is 5.35. The molecule has 4 heterocycles. The van der Waals surface area contributed by atoms with Crippen LogP contribution in [0, 0.1) is 0 Å². The van der Waals surface area contributed by atoms with Crippen molar-refractivity contribution in [3.8, 4) is 51.2 Å². The van der Waals surface area contributed by atoms with Crippen LogP contribution in [0.2, 0.25) is 0 Å². The van der Waals surface area contributed by atoms with Gasteiger partial charge in [0, 0.05) is 54.8 Å². The number of benzene rings is 9. The van der Waals surface area contributed by atoms with Crippen molar-refractivity contribution in [1.82, 2.24) is 28.7 Å². The summed E-state index contributed by atoms with van der Waals surface area (Å²) in [4.78, 5) is 16.1. The predicted octanol–water partition coefficient (Wildman–Crippen LogP) is 14.2. The number of para-hydroxylation sites is 5. The number of nitrogens with zero attached hydrogens (tertiary/aromatic N) is 6. The number of aromatic nitrogens is 6. The molecule has 0 bridgehead atoms. The molecule has 6 heteroatoms. The van der Waals surface area contributed by atoms with Gasteiger partial charge in [0.15, 0.2) is 17.5 Å². The zero-order valence-corrected chi connectivity index (χ0v) is 34.0. The molecule has 13 rings (SSSR count). The number of hydrogen-bond acceptors (Lipinski definition) is 3. The van der Waals surface area contributed by atoms with Crippen molar-refractivity contribution >= 4 is 65.4 Å². The second-order valence-electron chi connectivity index (χ2n) is 16.0. The van der Waals surface area contributed by atoms with Crippen molar-refractivity contribution in [3.63, 3.8) is 0 Å². The Morgan fingerprint density at radius 1 is 0.270 bits per heavy atom. The first-order valence-corrected chi connectivity index (χ1v) is 21.3. The van der Waals surface area contributed by atoms with Gasteiger partial charge in [-0.05, 0) is 60.7 Å². The van der Waals surface area contributed by atoms with Crippen LogP contribution in [0.25, 0.3) is 117 Å². The van der Waals surface area contributed by atoms with Gasteiger partial charge in [0.05, 0.1) is 44.4 Å². The molecule has 0 saturated carbocycles. The van der Waals surface area contributed by atoms with Gasteiger partial charge in [-0.3, -0.25) is 0 Å². The Hall–Kier alpha value is -8.61. The highest BCUT2D eigenvalue weighted by atomic mass is 15.1. The van der Waals surface area contributed by atoms with Crippen molar-refractivity contribution in [2.24, 2.45) is 0 Å². The van der Waals surface area contributed by atoms with E-state index in [4.69, 9.17) is 15.0 Å². The van der Waals surface area contributed by atoms with Crippen molar-refractivity contribution in [2.45, 2.75) is 0 Å². The fraction of sp³-hybridized carbons (Fsp3) is 0. The van der Waals surface area contributed by atoms with E-state index in [9.17, 15) is 0 Å². The number of hydrogen-bond donors (Lipinski definition) is 0. The SMILES string of the molecule is c1ccc(-c2nc(-c3ccccc3)nc(-c3c(-n4c5ccccc5c5ccc6c(c7ccccc7n6-c6ccccc6)c54)ccc4c3c3ccccc3n4-c3ccccc3)n2)cc1. The third-order valence-corrected chi connectivity index (χ3v) is 12.5. The summed E-state index contributed by atoms with van der Waals surface area (Å²) in [7, 11) is 0. The summed E-state index contributed by atoms with van der Waals surface area (Å²) in [6, 6.07) is 77.2. The second kappa shape index (κ2) is 14.0. The van der Waals surface area contributed by atoms with Crippen molar-refractivity contribution in [3.05, 3.63) is 218 Å². The summed E-state index contributed by atoms with van der Waals surface area (Å²) in [5.41, 5.74) is 12.7. The molecule has 0 atom stereocenters.